The van der Waals surface area contributed by atoms with Gasteiger partial charge in [0.2, 0.25) is 11.0 Å². The molecule has 0 spiro atoms. The van der Waals surface area contributed by atoms with Crippen molar-refractivity contribution in [1.29, 1.82) is 0 Å². The van der Waals surface area contributed by atoms with Crippen LogP contribution in [0.5, 0.6) is 0 Å². The molecule has 0 aliphatic heterocycles. The van der Waals surface area contributed by atoms with Crippen molar-refractivity contribution in [3.63, 3.8) is 0 Å². The standard InChI is InChI=1S/C18H24N4OS2/c1-13-7-5-6-8-14(13)11-19-16(23)12-24-18-22-21-17(25-18)20-15-9-3-2-4-10-15/h5-8,15H,2-4,9-12H2,1H3,(H,19,23)(H,20,21). The first kappa shape index (κ1) is 18.2. The van der Waals surface area contributed by atoms with Gasteiger partial charge in [0, 0.05) is 12.6 Å². The molecule has 5 nitrogen and oxygen atoms in total. The third kappa shape index (κ3) is 5.71. The van der Waals surface area contributed by atoms with Crippen molar-refractivity contribution >= 4 is 34.1 Å². The molecule has 1 saturated carbocycles. The maximum absolute atomic E-state index is 12.0. The van der Waals surface area contributed by atoms with Crippen LogP contribution in [0, 0.1) is 6.92 Å². The lowest BCUT2D eigenvalue weighted by Gasteiger charge is -2.21. The Balaban J connectivity index is 1.40. The number of nitrogens with one attached hydrogen (secondary N) is 2. The molecule has 0 saturated heterocycles. The molecule has 1 amide bonds. The van der Waals surface area contributed by atoms with Gasteiger partial charge in [-0.15, -0.1) is 10.2 Å². The molecule has 1 aliphatic rings. The minimum absolute atomic E-state index is 0.0187. The molecule has 0 bridgehead atoms. The zero-order chi connectivity index (χ0) is 17.5. The number of thioether (sulfide) groups is 1. The quantitative estimate of drug-likeness (QED) is 0.715. The van der Waals surface area contributed by atoms with E-state index >= 15 is 0 Å². The van der Waals surface area contributed by atoms with E-state index in [1.165, 1.54) is 60.8 Å². The first-order chi connectivity index (χ1) is 12.2. The molecule has 1 aliphatic carbocycles. The van der Waals surface area contributed by atoms with Gasteiger partial charge in [0.15, 0.2) is 4.34 Å². The highest BCUT2D eigenvalue weighted by molar-refractivity contribution is 8.01. The number of nitrogens with zero attached hydrogens (tertiary/aromatic N) is 2. The van der Waals surface area contributed by atoms with Crippen LogP contribution in [0.4, 0.5) is 5.13 Å². The van der Waals surface area contributed by atoms with Crippen LogP contribution in [-0.2, 0) is 11.3 Å². The van der Waals surface area contributed by atoms with Gasteiger partial charge < -0.3 is 10.6 Å². The van der Waals surface area contributed by atoms with Crippen molar-refractivity contribution in [1.82, 2.24) is 15.5 Å². The molecule has 0 unspecified atom stereocenters. The molecular weight excluding hydrogens is 352 g/mol. The highest BCUT2D eigenvalue weighted by Gasteiger charge is 2.15. The van der Waals surface area contributed by atoms with Crippen molar-refractivity contribution < 1.29 is 4.79 Å². The van der Waals surface area contributed by atoms with E-state index in [9.17, 15) is 4.79 Å². The van der Waals surface area contributed by atoms with Crippen molar-refractivity contribution in [2.45, 2.75) is 56.0 Å². The number of aromatic nitrogens is 2. The van der Waals surface area contributed by atoms with Gasteiger partial charge in [-0.25, -0.2) is 0 Å². The van der Waals surface area contributed by atoms with Crippen molar-refractivity contribution in [2.75, 3.05) is 11.1 Å². The first-order valence-electron chi connectivity index (χ1n) is 8.75. The van der Waals surface area contributed by atoms with Crippen LogP contribution in [0.2, 0.25) is 0 Å². The normalized spacial score (nSPS) is 15.1. The van der Waals surface area contributed by atoms with Gasteiger partial charge in [0.1, 0.15) is 0 Å². The van der Waals surface area contributed by atoms with Crippen molar-refractivity contribution in [3.8, 4) is 0 Å². The molecule has 134 valence electrons. The summed E-state index contributed by atoms with van der Waals surface area (Å²) in [5, 5.41) is 15.7. The summed E-state index contributed by atoms with van der Waals surface area (Å²) in [7, 11) is 0. The van der Waals surface area contributed by atoms with Gasteiger partial charge in [-0.1, -0.05) is 66.6 Å². The third-order valence-electron chi connectivity index (χ3n) is 4.40. The van der Waals surface area contributed by atoms with Gasteiger partial charge in [0.05, 0.1) is 5.75 Å². The lowest BCUT2D eigenvalue weighted by Crippen LogP contribution is -2.24. The summed E-state index contributed by atoms with van der Waals surface area (Å²) in [5.41, 5.74) is 2.34. The van der Waals surface area contributed by atoms with Gasteiger partial charge >= 0.3 is 0 Å². The molecule has 2 N–H and O–H groups in total. The molecule has 25 heavy (non-hydrogen) atoms. The SMILES string of the molecule is Cc1ccccc1CNC(=O)CSc1nnc(NC2CCCCC2)s1. The molecule has 1 fully saturated rings. The fourth-order valence-electron chi connectivity index (χ4n) is 2.93. The highest BCUT2D eigenvalue weighted by atomic mass is 32.2. The van der Waals surface area contributed by atoms with Crippen LogP contribution < -0.4 is 10.6 Å². The molecular formula is C18H24N4OS2. The van der Waals surface area contributed by atoms with E-state index < -0.39 is 0 Å². The largest absolute Gasteiger partial charge is 0.357 e. The summed E-state index contributed by atoms with van der Waals surface area (Å²) < 4.78 is 0.837. The first-order valence-corrected chi connectivity index (χ1v) is 10.5. The third-order valence-corrected chi connectivity index (χ3v) is 6.39. The number of amides is 1. The summed E-state index contributed by atoms with van der Waals surface area (Å²) in [4.78, 5) is 12.0. The Morgan fingerprint density at radius 2 is 2.04 bits per heavy atom. The predicted octanol–water partition coefficient (Wildman–Crippen LogP) is 4.00. The summed E-state index contributed by atoms with van der Waals surface area (Å²) in [6, 6.07) is 8.61. The van der Waals surface area contributed by atoms with Gasteiger partial charge in [-0.05, 0) is 30.9 Å². The zero-order valence-electron chi connectivity index (χ0n) is 14.5. The minimum atomic E-state index is 0.0187. The molecule has 7 heteroatoms. The Morgan fingerprint density at radius 3 is 2.84 bits per heavy atom. The van der Waals surface area contributed by atoms with Gasteiger partial charge in [-0.3, -0.25) is 4.79 Å². The Kier molecular flexibility index (Phi) is 6.69. The van der Waals surface area contributed by atoms with Crippen LogP contribution >= 0.6 is 23.1 Å². The maximum Gasteiger partial charge on any atom is 0.230 e. The Hall–Kier alpha value is -1.60. The van der Waals surface area contributed by atoms with Gasteiger partial charge in [-0.2, -0.15) is 0 Å². The second-order valence-electron chi connectivity index (χ2n) is 6.34. The summed E-state index contributed by atoms with van der Waals surface area (Å²) in [5.74, 6) is 0.384. The van der Waals surface area contributed by atoms with E-state index in [4.69, 9.17) is 0 Å². The second kappa shape index (κ2) is 9.20. The van der Waals surface area contributed by atoms with Crippen LogP contribution in [0.25, 0.3) is 0 Å². The lowest BCUT2D eigenvalue weighted by molar-refractivity contribution is -0.118. The average molecular weight is 377 g/mol. The number of aryl methyl sites for hydroxylation is 1. The molecule has 1 aromatic carbocycles. The fraction of sp³-hybridized carbons (Fsp3) is 0.500. The van der Waals surface area contributed by atoms with E-state index in [0.717, 1.165) is 15.0 Å². The van der Waals surface area contributed by atoms with E-state index in [0.29, 0.717) is 18.3 Å². The Bertz CT molecular complexity index is 698. The van der Waals surface area contributed by atoms with E-state index in [1.54, 1.807) is 0 Å². The molecule has 3 rings (SSSR count). The number of carbonyl (C=O) groups excluding carboxylic acids is 1. The lowest BCUT2D eigenvalue weighted by atomic mass is 9.96. The fourth-order valence-corrected chi connectivity index (χ4v) is 4.59. The predicted molar refractivity (Wildman–Crippen MR) is 104 cm³/mol. The zero-order valence-corrected chi connectivity index (χ0v) is 16.1. The number of hydrogen-bond acceptors (Lipinski definition) is 6. The summed E-state index contributed by atoms with van der Waals surface area (Å²) in [6.45, 7) is 2.62. The second-order valence-corrected chi connectivity index (χ2v) is 8.54. The highest BCUT2D eigenvalue weighted by Crippen LogP contribution is 2.28. The topological polar surface area (TPSA) is 66.9 Å². The Labute approximate surface area is 157 Å². The van der Waals surface area contributed by atoms with Crippen molar-refractivity contribution in [2.24, 2.45) is 0 Å². The number of anilines is 1. The molecule has 1 aromatic heterocycles. The van der Waals surface area contributed by atoms with Crippen molar-refractivity contribution in [3.05, 3.63) is 35.4 Å². The maximum atomic E-state index is 12.0. The summed E-state index contributed by atoms with van der Waals surface area (Å²) >= 11 is 2.98. The van der Waals surface area contributed by atoms with E-state index in [-0.39, 0.29) is 5.91 Å². The van der Waals surface area contributed by atoms with Crippen LogP contribution in [0.1, 0.15) is 43.2 Å². The van der Waals surface area contributed by atoms with Crippen LogP contribution in [-0.4, -0.2) is 27.9 Å². The summed E-state index contributed by atoms with van der Waals surface area (Å²) in [6.07, 6.45) is 6.35. The Morgan fingerprint density at radius 1 is 1.24 bits per heavy atom. The number of rotatable bonds is 7. The van der Waals surface area contributed by atoms with Gasteiger partial charge in [0.25, 0.3) is 0 Å². The molecule has 2 aromatic rings. The number of carbonyl (C=O) groups is 1. The van der Waals surface area contributed by atoms with E-state index in [2.05, 4.69) is 33.8 Å². The molecule has 0 radical (unpaired) electrons. The monoisotopic (exact) mass is 376 g/mol. The molecule has 1 heterocycles. The average Bonchev–Trinajstić information content (AvgIpc) is 3.07. The minimum Gasteiger partial charge on any atom is -0.357 e. The number of benzene rings is 1. The van der Waals surface area contributed by atoms with Crippen LogP contribution in [0.3, 0.4) is 0 Å². The van der Waals surface area contributed by atoms with E-state index in [1.807, 2.05) is 18.2 Å². The van der Waals surface area contributed by atoms with Crippen LogP contribution in [0.15, 0.2) is 28.6 Å². The number of hydrogen-bond donors (Lipinski definition) is 2. The molecule has 0 atom stereocenters. The smallest absolute Gasteiger partial charge is 0.230 e.